The van der Waals surface area contributed by atoms with Crippen molar-refractivity contribution in [2.24, 2.45) is 0 Å². The monoisotopic (exact) mass is 404 g/mol. The number of nitrogens with zero attached hydrogens (tertiary/aromatic N) is 2. The third kappa shape index (κ3) is 4.14. The molecule has 0 aliphatic carbocycles. The molecule has 8 heteroatoms. The smallest absolute Gasteiger partial charge is 0.277 e. The van der Waals surface area contributed by atoms with Gasteiger partial charge in [0.05, 0.1) is 10.6 Å². The molecule has 0 fully saturated rings. The van der Waals surface area contributed by atoms with Gasteiger partial charge in [-0.15, -0.1) is 10.2 Å². The Morgan fingerprint density at radius 2 is 1.57 bits per heavy atom. The maximum absolute atomic E-state index is 6.14. The molecule has 0 N–H and O–H groups in total. The first-order chi connectivity index (χ1) is 11.0. The number of benzene rings is 2. The second-order valence-corrected chi connectivity index (χ2v) is 7.14. The van der Waals surface area contributed by atoms with Crippen LogP contribution in [0, 0.1) is 0 Å². The van der Waals surface area contributed by atoms with E-state index in [1.54, 1.807) is 30.3 Å². The van der Waals surface area contributed by atoms with E-state index in [4.69, 9.17) is 50.8 Å². The molecule has 0 unspecified atom stereocenters. The topological polar surface area (TPSA) is 38.9 Å². The molecule has 23 heavy (non-hydrogen) atoms. The molecule has 118 valence electrons. The van der Waals surface area contributed by atoms with Gasteiger partial charge in [0.1, 0.15) is 0 Å². The van der Waals surface area contributed by atoms with Gasteiger partial charge in [-0.25, -0.2) is 0 Å². The van der Waals surface area contributed by atoms with Gasteiger partial charge in [-0.1, -0.05) is 64.2 Å². The van der Waals surface area contributed by atoms with E-state index in [0.29, 0.717) is 42.5 Å². The summed E-state index contributed by atoms with van der Waals surface area (Å²) in [6, 6.07) is 10.4. The lowest BCUT2D eigenvalue weighted by atomic mass is 10.2. The minimum absolute atomic E-state index is 0.344. The molecule has 0 radical (unpaired) electrons. The molecule has 3 nitrogen and oxygen atoms in total. The summed E-state index contributed by atoms with van der Waals surface area (Å²) in [5.74, 6) is 0.933. The fourth-order valence-electron chi connectivity index (χ4n) is 1.82. The maximum atomic E-state index is 6.14. The van der Waals surface area contributed by atoms with Gasteiger partial charge >= 0.3 is 0 Å². The van der Waals surface area contributed by atoms with Crippen molar-refractivity contribution in [3.05, 3.63) is 62.1 Å². The lowest BCUT2D eigenvalue weighted by molar-refractivity contribution is 0.466. The highest BCUT2D eigenvalue weighted by molar-refractivity contribution is 7.98. The first-order valence-corrected chi connectivity index (χ1v) is 8.88. The Balaban J connectivity index is 1.74. The van der Waals surface area contributed by atoms with Crippen molar-refractivity contribution in [2.45, 2.75) is 11.0 Å². The summed E-state index contributed by atoms with van der Waals surface area (Å²) >= 11 is 25.4. The van der Waals surface area contributed by atoms with Gasteiger partial charge in [0.15, 0.2) is 0 Å². The second-order valence-electron chi connectivity index (χ2n) is 4.52. The van der Waals surface area contributed by atoms with Gasteiger partial charge in [-0.05, 0) is 35.9 Å². The van der Waals surface area contributed by atoms with E-state index in [1.807, 2.05) is 6.07 Å². The molecule has 0 amide bonds. The third-order valence-electron chi connectivity index (χ3n) is 2.93. The Labute approximate surface area is 156 Å². The summed E-state index contributed by atoms with van der Waals surface area (Å²) in [6.07, 6.45) is 0. The van der Waals surface area contributed by atoms with Crippen molar-refractivity contribution in [1.29, 1.82) is 0 Å². The zero-order valence-electron chi connectivity index (χ0n) is 11.4. The fourth-order valence-corrected chi connectivity index (χ4v) is 3.63. The molecule has 2 aromatic carbocycles. The molecule has 3 aromatic rings. The summed E-state index contributed by atoms with van der Waals surface area (Å²) in [7, 11) is 0. The third-order valence-corrected chi connectivity index (χ3v) is 4.94. The standard InChI is InChI=1S/C15H8Cl4N2OS/c16-9-2-1-8(12(18)5-9)7-23-15-21-20-14(22-15)11-4-3-10(17)6-13(11)19/h1-6H,7H2. The van der Waals surface area contributed by atoms with Crippen LogP contribution >= 0.6 is 58.2 Å². The maximum Gasteiger partial charge on any atom is 0.277 e. The summed E-state index contributed by atoms with van der Waals surface area (Å²) in [6.45, 7) is 0. The van der Waals surface area contributed by atoms with E-state index in [1.165, 1.54) is 11.8 Å². The van der Waals surface area contributed by atoms with Gasteiger partial charge in [-0.2, -0.15) is 0 Å². The minimum atomic E-state index is 0.344. The molecule has 0 atom stereocenters. The first-order valence-electron chi connectivity index (χ1n) is 6.38. The van der Waals surface area contributed by atoms with Crippen molar-refractivity contribution in [3.63, 3.8) is 0 Å². The van der Waals surface area contributed by atoms with Gasteiger partial charge in [0.2, 0.25) is 5.89 Å². The van der Waals surface area contributed by atoms with E-state index in [9.17, 15) is 0 Å². The molecule has 0 saturated carbocycles. The van der Waals surface area contributed by atoms with E-state index in [-0.39, 0.29) is 0 Å². The highest BCUT2D eigenvalue weighted by Gasteiger charge is 2.13. The van der Waals surface area contributed by atoms with Crippen LogP contribution in [0.4, 0.5) is 0 Å². The van der Waals surface area contributed by atoms with Crippen LogP contribution in [0.3, 0.4) is 0 Å². The quantitative estimate of drug-likeness (QED) is 0.456. The molecule has 0 aliphatic heterocycles. The number of hydrogen-bond donors (Lipinski definition) is 0. The Morgan fingerprint density at radius 3 is 2.26 bits per heavy atom. The molecule has 0 aliphatic rings. The molecular formula is C15H8Cl4N2OS. The summed E-state index contributed by atoms with van der Waals surface area (Å²) < 4.78 is 5.62. The molecule has 0 spiro atoms. The van der Waals surface area contributed by atoms with Crippen LogP contribution in [-0.2, 0) is 5.75 Å². The van der Waals surface area contributed by atoms with E-state index >= 15 is 0 Å². The van der Waals surface area contributed by atoms with Gasteiger partial charge in [0, 0.05) is 20.8 Å². The predicted octanol–water partition coefficient (Wildman–Crippen LogP) is 6.64. The highest BCUT2D eigenvalue weighted by Crippen LogP contribution is 2.32. The summed E-state index contributed by atoms with van der Waals surface area (Å²) in [5.41, 5.74) is 1.57. The Hall–Kier alpha value is -0.910. The van der Waals surface area contributed by atoms with Crippen LogP contribution < -0.4 is 0 Å². The number of aromatic nitrogens is 2. The van der Waals surface area contributed by atoms with Crippen molar-refractivity contribution in [3.8, 4) is 11.5 Å². The van der Waals surface area contributed by atoms with E-state index in [0.717, 1.165) is 5.56 Å². The van der Waals surface area contributed by atoms with Crippen LogP contribution in [0.1, 0.15) is 5.56 Å². The molecular weight excluding hydrogens is 398 g/mol. The van der Waals surface area contributed by atoms with Gasteiger partial charge < -0.3 is 4.42 Å². The normalized spacial score (nSPS) is 11.0. The van der Waals surface area contributed by atoms with Crippen LogP contribution in [0.2, 0.25) is 20.1 Å². The van der Waals surface area contributed by atoms with Crippen molar-refractivity contribution in [1.82, 2.24) is 10.2 Å². The average molecular weight is 406 g/mol. The van der Waals surface area contributed by atoms with Crippen molar-refractivity contribution >= 4 is 58.2 Å². The molecule has 0 saturated heterocycles. The van der Waals surface area contributed by atoms with E-state index in [2.05, 4.69) is 10.2 Å². The fraction of sp³-hybridized carbons (Fsp3) is 0.0667. The SMILES string of the molecule is Clc1ccc(CSc2nnc(-c3ccc(Cl)cc3Cl)o2)c(Cl)c1. The molecule has 3 rings (SSSR count). The number of halogens is 4. The Bertz CT molecular complexity index is 853. The zero-order valence-corrected chi connectivity index (χ0v) is 15.2. The summed E-state index contributed by atoms with van der Waals surface area (Å²) in [5, 5.41) is 10.6. The highest BCUT2D eigenvalue weighted by atomic mass is 35.5. The average Bonchev–Trinajstić information content (AvgIpc) is 2.95. The molecule has 0 bridgehead atoms. The lowest BCUT2D eigenvalue weighted by Crippen LogP contribution is -1.82. The van der Waals surface area contributed by atoms with Crippen LogP contribution in [0.5, 0.6) is 0 Å². The van der Waals surface area contributed by atoms with Crippen LogP contribution in [0.25, 0.3) is 11.5 Å². The van der Waals surface area contributed by atoms with Crippen molar-refractivity contribution < 1.29 is 4.42 Å². The minimum Gasteiger partial charge on any atom is -0.411 e. The zero-order chi connectivity index (χ0) is 16.4. The molecule has 1 aromatic heterocycles. The lowest BCUT2D eigenvalue weighted by Gasteiger charge is -2.02. The predicted molar refractivity (Wildman–Crippen MR) is 95.8 cm³/mol. The van der Waals surface area contributed by atoms with Gasteiger partial charge in [-0.3, -0.25) is 0 Å². The van der Waals surface area contributed by atoms with Crippen LogP contribution in [0.15, 0.2) is 46.0 Å². The second kappa shape index (κ2) is 7.32. The van der Waals surface area contributed by atoms with Crippen molar-refractivity contribution in [2.75, 3.05) is 0 Å². The largest absolute Gasteiger partial charge is 0.411 e. The number of hydrogen-bond acceptors (Lipinski definition) is 4. The Kier molecular flexibility index (Phi) is 5.39. The van der Waals surface area contributed by atoms with Gasteiger partial charge in [0.25, 0.3) is 5.22 Å². The Morgan fingerprint density at radius 1 is 0.870 bits per heavy atom. The van der Waals surface area contributed by atoms with E-state index < -0.39 is 0 Å². The molecule has 1 heterocycles. The summed E-state index contributed by atoms with van der Waals surface area (Å²) in [4.78, 5) is 0. The number of thioether (sulfide) groups is 1. The first kappa shape index (κ1) is 16.9. The number of rotatable bonds is 4. The van der Waals surface area contributed by atoms with Crippen LogP contribution in [-0.4, -0.2) is 10.2 Å².